The van der Waals surface area contributed by atoms with E-state index in [0.29, 0.717) is 16.5 Å². The molecule has 0 spiro atoms. The number of aryl methyl sites for hydroxylation is 1. The quantitative estimate of drug-likeness (QED) is 0.870. The minimum atomic E-state index is -1.15. The number of carboxylic acid groups (broad SMARTS) is 1. The van der Waals surface area contributed by atoms with Gasteiger partial charge in [-0.1, -0.05) is 0 Å². The number of nitrogens with one attached hydrogen (secondary N) is 1. The Kier molecular flexibility index (Phi) is 3.01. The molecule has 0 aliphatic carbocycles. The lowest BCUT2D eigenvalue weighted by Crippen LogP contribution is -2.29. The first-order valence-corrected chi connectivity index (χ1v) is 5.17. The highest BCUT2D eigenvalue weighted by Gasteiger charge is 2.18. The van der Waals surface area contributed by atoms with Gasteiger partial charge < -0.3 is 14.8 Å². The molecule has 0 saturated carbocycles. The summed E-state index contributed by atoms with van der Waals surface area (Å²) in [5.41, 5.74) is 0.863. The van der Waals surface area contributed by atoms with E-state index in [9.17, 15) is 14.0 Å². The fourth-order valence-corrected chi connectivity index (χ4v) is 1.65. The lowest BCUT2D eigenvalue weighted by atomic mass is 10.1. The number of fused-ring (bicyclic) bond motifs is 1. The van der Waals surface area contributed by atoms with Crippen LogP contribution in [-0.2, 0) is 4.79 Å². The summed E-state index contributed by atoms with van der Waals surface area (Å²) >= 11 is 0. The van der Waals surface area contributed by atoms with Crippen molar-refractivity contribution in [1.29, 1.82) is 0 Å². The third-order valence-electron chi connectivity index (χ3n) is 2.50. The topological polar surface area (TPSA) is 79.5 Å². The van der Waals surface area contributed by atoms with Gasteiger partial charge in [-0.2, -0.15) is 0 Å². The maximum Gasteiger partial charge on any atom is 0.322 e. The second-order valence-electron chi connectivity index (χ2n) is 3.77. The first kappa shape index (κ1) is 12.1. The van der Waals surface area contributed by atoms with Gasteiger partial charge in [0, 0.05) is 10.9 Å². The van der Waals surface area contributed by atoms with Crippen LogP contribution in [0, 0.1) is 12.7 Å². The Morgan fingerprint density at radius 1 is 1.44 bits per heavy atom. The molecule has 0 fully saturated rings. The van der Waals surface area contributed by atoms with Gasteiger partial charge in [0.05, 0.1) is 0 Å². The average molecular weight is 251 g/mol. The molecule has 5 nitrogen and oxygen atoms in total. The Labute approximate surface area is 101 Å². The summed E-state index contributed by atoms with van der Waals surface area (Å²) in [7, 11) is 0. The molecular weight excluding hydrogens is 241 g/mol. The number of carboxylic acids is 1. The van der Waals surface area contributed by atoms with Crippen molar-refractivity contribution in [2.24, 2.45) is 0 Å². The zero-order valence-corrected chi connectivity index (χ0v) is 9.49. The molecule has 6 heteroatoms. The second-order valence-corrected chi connectivity index (χ2v) is 3.77. The third-order valence-corrected chi connectivity index (χ3v) is 2.50. The highest BCUT2D eigenvalue weighted by atomic mass is 19.1. The summed E-state index contributed by atoms with van der Waals surface area (Å²) in [6, 6.07) is 3.91. The summed E-state index contributed by atoms with van der Waals surface area (Å²) < 4.78 is 18.3. The van der Waals surface area contributed by atoms with E-state index >= 15 is 0 Å². The lowest BCUT2D eigenvalue weighted by Gasteiger charge is -1.99. The van der Waals surface area contributed by atoms with E-state index in [1.165, 1.54) is 18.2 Å². The van der Waals surface area contributed by atoms with E-state index in [-0.39, 0.29) is 5.76 Å². The molecule has 2 aromatic rings. The van der Waals surface area contributed by atoms with Crippen LogP contribution in [0.5, 0.6) is 0 Å². The molecule has 1 heterocycles. The van der Waals surface area contributed by atoms with E-state index < -0.39 is 24.2 Å². The van der Waals surface area contributed by atoms with Crippen molar-refractivity contribution in [2.75, 3.05) is 6.54 Å². The van der Waals surface area contributed by atoms with E-state index in [4.69, 9.17) is 9.52 Å². The number of aliphatic carboxylic acids is 1. The molecule has 1 aromatic heterocycles. The van der Waals surface area contributed by atoms with Gasteiger partial charge in [0.15, 0.2) is 5.76 Å². The predicted molar refractivity (Wildman–Crippen MR) is 60.9 cm³/mol. The number of amides is 1. The van der Waals surface area contributed by atoms with Crippen molar-refractivity contribution >= 4 is 22.8 Å². The first-order valence-electron chi connectivity index (χ1n) is 5.17. The SMILES string of the molecule is Cc1c(C(=O)NCC(=O)O)oc2ccc(F)cc12. The molecule has 0 unspecified atom stereocenters. The van der Waals surface area contributed by atoms with Crippen molar-refractivity contribution in [3.63, 3.8) is 0 Å². The number of furan rings is 1. The fraction of sp³-hybridized carbons (Fsp3) is 0.167. The lowest BCUT2D eigenvalue weighted by molar-refractivity contribution is -0.135. The van der Waals surface area contributed by atoms with Crippen molar-refractivity contribution in [3.8, 4) is 0 Å². The van der Waals surface area contributed by atoms with Gasteiger partial charge in [-0.25, -0.2) is 4.39 Å². The second kappa shape index (κ2) is 4.48. The summed E-state index contributed by atoms with van der Waals surface area (Å²) in [4.78, 5) is 22.0. The maximum absolute atomic E-state index is 13.1. The molecule has 0 aliphatic rings. The molecule has 0 radical (unpaired) electrons. The molecule has 0 bridgehead atoms. The molecular formula is C12H10FNO4. The number of benzene rings is 1. The van der Waals surface area contributed by atoms with E-state index in [2.05, 4.69) is 5.32 Å². The maximum atomic E-state index is 13.1. The van der Waals surface area contributed by atoms with Crippen molar-refractivity contribution < 1.29 is 23.5 Å². The number of hydrogen-bond acceptors (Lipinski definition) is 3. The van der Waals surface area contributed by atoms with Crippen LogP contribution in [0.15, 0.2) is 22.6 Å². The van der Waals surface area contributed by atoms with Crippen molar-refractivity contribution in [3.05, 3.63) is 35.3 Å². The van der Waals surface area contributed by atoms with Crippen molar-refractivity contribution in [2.45, 2.75) is 6.92 Å². The van der Waals surface area contributed by atoms with Gasteiger partial charge in [-0.05, 0) is 25.1 Å². The third kappa shape index (κ3) is 2.17. The Bertz CT molecular complexity index is 632. The highest BCUT2D eigenvalue weighted by molar-refractivity contribution is 5.99. The largest absolute Gasteiger partial charge is 0.480 e. The summed E-state index contributed by atoms with van der Waals surface area (Å²) in [6.07, 6.45) is 0. The van der Waals surface area contributed by atoms with Crippen LogP contribution >= 0.6 is 0 Å². The van der Waals surface area contributed by atoms with Crippen LogP contribution in [0.4, 0.5) is 4.39 Å². The van der Waals surface area contributed by atoms with Gasteiger partial charge >= 0.3 is 5.97 Å². The molecule has 2 rings (SSSR count). The van der Waals surface area contributed by atoms with Gasteiger partial charge in [-0.3, -0.25) is 9.59 Å². The molecule has 2 N–H and O–H groups in total. The van der Waals surface area contributed by atoms with Crippen molar-refractivity contribution in [1.82, 2.24) is 5.32 Å². The molecule has 1 aromatic carbocycles. The normalized spacial score (nSPS) is 10.6. The van der Waals surface area contributed by atoms with Crippen LogP contribution in [0.3, 0.4) is 0 Å². The van der Waals surface area contributed by atoms with Crippen LogP contribution in [0.25, 0.3) is 11.0 Å². The van der Waals surface area contributed by atoms with Gasteiger partial charge in [0.2, 0.25) is 0 Å². The zero-order chi connectivity index (χ0) is 13.3. The molecule has 0 aliphatic heterocycles. The highest BCUT2D eigenvalue weighted by Crippen LogP contribution is 2.25. The fourth-order valence-electron chi connectivity index (χ4n) is 1.65. The minimum Gasteiger partial charge on any atom is -0.480 e. The smallest absolute Gasteiger partial charge is 0.322 e. The molecule has 18 heavy (non-hydrogen) atoms. The summed E-state index contributed by atoms with van der Waals surface area (Å²) in [6.45, 7) is 1.12. The molecule has 94 valence electrons. The Morgan fingerprint density at radius 2 is 2.17 bits per heavy atom. The zero-order valence-electron chi connectivity index (χ0n) is 9.49. The summed E-state index contributed by atoms with van der Waals surface area (Å²) in [5, 5.41) is 11.1. The van der Waals surface area contributed by atoms with Crippen LogP contribution in [0.1, 0.15) is 16.1 Å². The minimum absolute atomic E-state index is 0.00292. The Balaban J connectivity index is 2.36. The number of rotatable bonds is 3. The van der Waals surface area contributed by atoms with Gasteiger partial charge in [-0.15, -0.1) is 0 Å². The van der Waals surface area contributed by atoms with Gasteiger partial charge in [0.25, 0.3) is 5.91 Å². The van der Waals surface area contributed by atoms with Crippen LogP contribution in [-0.4, -0.2) is 23.5 Å². The van der Waals surface area contributed by atoms with Crippen LogP contribution in [0.2, 0.25) is 0 Å². The van der Waals surface area contributed by atoms with Gasteiger partial charge in [0.1, 0.15) is 17.9 Å². The number of carbonyl (C=O) groups excluding carboxylic acids is 1. The Morgan fingerprint density at radius 3 is 2.83 bits per heavy atom. The Hall–Kier alpha value is -2.37. The summed E-state index contributed by atoms with van der Waals surface area (Å²) in [5.74, 6) is -2.21. The standard InChI is InChI=1S/C12H10FNO4/c1-6-8-4-7(13)2-3-9(8)18-11(6)12(17)14-5-10(15)16/h2-4H,5H2,1H3,(H,14,17)(H,15,16). The van der Waals surface area contributed by atoms with E-state index in [1.807, 2.05) is 0 Å². The molecule has 1 amide bonds. The number of carbonyl (C=O) groups is 2. The van der Waals surface area contributed by atoms with Crippen LogP contribution < -0.4 is 5.32 Å². The number of hydrogen-bond donors (Lipinski definition) is 2. The van der Waals surface area contributed by atoms with E-state index in [1.54, 1.807) is 6.92 Å². The molecule has 0 saturated heterocycles. The average Bonchev–Trinajstić information content (AvgIpc) is 2.64. The monoisotopic (exact) mass is 251 g/mol. The number of halogens is 1. The first-order chi connectivity index (χ1) is 8.49. The predicted octanol–water partition coefficient (Wildman–Crippen LogP) is 1.69. The van der Waals surface area contributed by atoms with E-state index in [0.717, 1.165) is 0 Å². The molecule has 0 atom stereocenters.